The summed E-state index contributed by atoms with van der Waals surface area (Å²) < 4.78 is 4.13. The Morgan fingerprint density at radius 2 is 1.39 bits per heavy atom. The van der Waals surface area contributed by atoms with Crippen molar-refractivity contribution >= 4 is 91.3 Å². The topological polar surface area (TPSA) is 59.7 Å². The number of nitrogens with one attached hydrogen (secondary N) is 2. The number of nitrogens with zero attached hydrogens (tertiary/aromatic N) is 4. The van der Waals surface area contributed by atoms with Crippen molar-refractivity contribution in [3.8, 4) is 0 Å². The van der Waals surface area contributed by atoms with Gasteiger partial charge in [0.15, 0.2) is 16.7 Å². The molecule has 0 radical (unpaired) electrons. The van der Waals surface area contributed by atoms with Crippen LogP contribution in [0.25, 0.3) is 0 Å². The SMILES string of the molecule is S=C(Nc1nn(Cc2c(Cl)cccc2Cl)cc1Cl)Nc1nn(Cc2ccccc2Cl)cc1Br. The van der Waals surface area contributed by atoms with Crippen LogP contribution in [0.1, 0.15) is 11.1 Å². The number of halogens is 5. The van der Waals surface area contributed by atoms with Crippen molar-refractivity contribution in [1.82, 2.24) is 19.6 Å². The highest BCUT2D eigenvalue weighted by Crippen LogP contribution is 2.27. The normalized spacial score (nSPS) is 10.9. The lowest BCUT2D eigenvalue weighted by Gasteiger charge is -2.08. The summed E-state index contributed by atoms with van der Waals surface area (Å²) in [6.45, 7) is 0.874. The van der Waals surface area contributed by atoms with E-state index in [1.165, 1.54) is 0 Å². The van der Waals surface area contributed by atoms with Crippen molar-refractivity contribution in [2.24, 2.45) is 0 Å². The standard InChI is InChI=1S/C21H15BrCl4N6S/c22-14-10-31(8-12-4-1-2-5-15(12)23)29-19(14)27-21(33)28-20-18(26)11-32(30-20)9-13-16(24)6-3-7-17(13)25/h1-7,10-11H,8-9H2,(H2,27,28,29,30,33). The number of hydrogen-bond donors (Lipinski definition) is 2. The highest BCUT2D eigenvalue weighted by Gasteiger charge is 2.14. The van der Waals surface area contributed by atoms with E-state index >= 15 is 0 Å². The first kappa shape index (κ1) is 24.3. The van der Waals surface area contributed by atoms with Crippen molar-refractivity contribution in [1.29, 1.82) is 0 Å². The fourth-order valence-corrected chi connectivity index (χ4v) is 4.54. The lowest BCUT2D eigenvalue weighted by Crippen LogP contribution is -2.20. The summed E-state index contributed by atoms with van der Waals surface area (Å²) in [6, 6.07) is 12.9. The number of anilines is 2. The van der Waals surface area contributed by atoms with E-state index in [1.54, 1.807) is 33.8 Å². The predicted molar refractivity (Wildman–Crippen MR) is 143 cm³/mol. The van der Waals surface area contributed by atoms with E-state index in [-0.39, 0.29) is 5.11 Å². The Bertz CT molecular complexity index is 1300. The van der Waals surface area contributed by atoms with Gasteiger partial charge < -0.3 is 10.6 Å². The van der Waals surface area contributed by atoms with Crippen LogP contribution in [0, 0.1) is 0 Å². The average molecular weight is 605 g/mol. The van der Waals surface area contributed by atoms with E-state index in [0.717, 1.165) is 15.6 Å². The van der Waals surface area contributed by atoms with Crippen molar-refractivity contribution in [2.75, 3.05) is 10.6 Å². The van der Waals surface area contributed by atoms with Crippen molar-refractivity contribution in [3.63, 3.8) is 0 Å². The van der Waals surface area contributed by atoms with Gasteiger partial charge in [-0.3, -0.25) is 9.36 Å². The van der Waals surface area contributed by atoms with Gasteiger partial charge in [0.1, 0.15) is 5.02 Å². The summed E-state index contributed by atoms with van der Waals surface area (Å²) in [4.78, 5) is 0. The van der Waals surface area contributed by atoms with Crippen LogP contribution in [0.5, 0.6) is 0 Å². The summed E-state index contributed by atoms with van der Waals surface area (Å²) in [5.41, 5.74) is 1.71. The summed E-state index contributed by atoms with van der Waals surface area (Å²) >= 11 is 34.0. The molecule has 170 valence electrons. The van der Waals surface area contributed by atoms with Gasteiger partial charge in [0.05, 0.1) is 17.6 Å². The Labute approximate surface area is 223 Å². The van der Waals surface area contributed by atoms with E-state index in [1.807, 2.05) is 30.5 Å². The maximum absolute atomic E-state index is 6.34. The molecule has 0 aliphatic carbocycles. The van der Waals surface area contributed by atoms with E-state index in [9.17, 15) is 0 Å². The molecule has 0 saturated heterocycles. The maximum Gasteiger partial charge on any atom is 0.177 e. The fraction of sp³-hybridized carbons (Fsp3) is 0.0952. The van der Waals surface area contributed by atoms with Crippen LogP contribution in [0.4, 0.5) is 11.6 Å². The molecule has 0 aliphatic heterocycles. The maximum atomic E-state index is 6.34. The average Bonchev–Trinajstić information content (AvgIpc) is 3.28. The third-order valence-corrected chi connectivity index (χ3v) is 6.71. The van der Waals surface area contributed by atoms with E-state index < -0.39 is 0 Å². The first-order chi connectivity index (χ1) is 15.8. The quantitative estimate of drug-likeness (QED) is 0.225. The molecule has 0 unspecified atom stereocenters. The number of rotatable bonds is 6. The molecule has 2 aromatic heterocycles. The largest absolute Gasteiger partial charge is 0.315 e. The molecule has 0 spiro atoms. The molecule has 2 aromatic carbocycles. The van der Waals surface area contributed by atoms with Gasteiger partial charge in [0, 0.05) is 33.0 Å². The van der Waals surface area contributed by atoms with Crippen LogP contribution >= 0.6 is 74.6 Å². The molecule has 4 rings (SSSR count). The Morgan fingerprint density at radius 3 is 2.12 bits per heavy atom. The van der Waals surface area contributed by atoms with Gasteiger partial charge in [0.25, 0.3) is 0 Å². The van der Waals surface area contributed by atoms with Gasteiger partial charge in [-0.05, 0) is 51.9 Å². The van der Waals surface area contributed by atoms with Gasteiger partial charge in [-0.15, -0.1) is 0 Å². The van der Waals surface area contributed by atoms with Crippen LogP contribution < -0.4 is 10.6 Å². The minimum atomic E-state index is 0.279. The molecular weight excluding hydrogens is 590 g/mol. The Balaban J connectivity index is 1.42. The number of hydrogen-bond acceptors (Lipinski definition) is 3. The first-order valence-corrected chi connectivity index (χ1v) is 12.2. The Hall–Kier alpha value is -1.81. The molecule has 0 aliphatic rings. The van der Waals surface area contributed by atoms with Gasteiger partial charge in [-0.1, -0.05) is 70.7 Å². The second-order valence-electron chi connectivity index (χ2n) is 6.92. The molecular formula is C21H15BrCl4N6S. The summed E-state index contributed by atoms with van der Waals surface area (Å²) in [5, 5.41) is 17.4. The Kier molecular flexibility index (Phi) is 7.83. The second-order valence-corrected chi connectivity index (χ2v) is 9.81. The molecule has 33 heavy (non-hydrogen) atoms. The van der Waals surface area contributed by atoms with Crippen molar-refractivity contribution in [3.05, 3.63) is 90.5 Å². The van der Waals surface area contributed by atoms with Gasteiger partial charge in [0.2, 0.25) is 0 Å². The zero-order valence-corrected chi connectivity index (χ0v) is 22.1. The zero-order chi connectivity index (χ0) is 23.5. The van der Waals surface area contributed by atoms with Crippen LogP contribution in [0.3, 0.4) is 0 Å². The summed E-state index contributed by atoms with van der Waals surface area (Å²) in [6.07, 6.45) is 3.50. The molecule has 4 aromatic rings. The van der Waals surface area contributed by atoms with E-state index in [2.05, 4.69) is 36.8 Å². The minimum Gasteiger partial charge on any atom is -0.315 e. The Morgan fingerprint density at radius 1 is 0.788 bits per heavy atom. The van der Waals surface area contributed by atoms with Gasteiger partial charge in [-0.2, -0.15) is 10.2 Å². The van der Waals surface area contributed by atoms with E-state index in [0.29, 0.717) is 44.8 Å². The van der Waals surface area contributed by atoms with Crippen LogP contribution in [-0.2, 0) is 13.1 Å². The van der Waals surface area contributed by atoms with Crippen LogP contribution in [-0.4, -0.2) is 24.7 Å². The molecule has 2 N–H and O–H groups in total. The number of aromatic nitrogens is 4. The second kappa shape index (κ2) is 10.6. The fourth-order valence-electron chi connectivity index (χ4n) is 3.02. The molecule has 0 atom stereocenters. The molecule has 0 saturated carbocycles. The third kappa shape index (κ3) is 6.01. The smallest absolute Gasteiger partial charge is 0.177 e. The zero-order valence-electron chi connectivity index (χ0n) is 16.7. The van der Waals surface area contributed by atoms with E-state index in [4.69, 9.17) is 58.6 Å². The van der Waals surface area contributed by atoms with Crippen molar-refractivity contribution in [2.45, 2.75) is 13.1 Å². The van der Waals surface area contributed by atoms with Crippen molar-refractivity contribution < 1.29 is 0 Å². The summed E-state index contributed by atoms with van der Waals surface area (Å²) in [7, 11) is 0. The van der Waals surface area contributed by atoms with Gasteiger partial charge in [-0.25, -0.2) is 0 Å². The third-order valence-electron chi connectivity index (χ3n) is 4.57. The predicted octanol–water partition coefficient (Wildman–Crippen LogP) is 7.36. The summed E-state index contributed by atoms with van der Waals surface area (Å²) in [5.74, 6) is 0.932. The van der Waals surface area contributed by atoms with Gasteiger partial charge >= 0.3 is 0 Å². The highest BCUT2D eigenvalue weighted by atomic mass is 79.9. The molecule has 12 heteroatoms. The molecule has 6 nitrogen and oxygen atoms in total. The van der Waals surface area contributed by atoms with Crippen LogP contribution in [0.2, 0.25) is 20.1 Å². The lowest BCUT2D eigenvalue weighted by atomic mass is 10.2. The molecule has 0 amide bonds. The number of thiocarbonyl (C=S) groups is 1. The highest BCUT2D eigenvalue weighted by molar-refractivity contribution is 9.10. The lowest BCUT2D eigenvalue weighted by molar-refractivity contribution is 0.689. The number of benzene rings is 2. The first-order valence-electron chi connectivity index (χ1n) is 9.50. The molecule has 0 fully saturated rings. The minimum absolute atomic E-state index is 0.279. The van der Waals surface area contributed by atoms with Crippen LogP contribution in [0.15, 0.2) is 59.3 Å². The molecule has 0 bridgehead atoms. The monoisotopic (exact) mass is 602 g/mol. The molecule has 2 heterocycles.